The number of hydrogen-bond donors (Lipinski definition) is 3. The monoisotopic (exact) mass is 267 g/mol. The third-order valence-electron chi connectivity index (χ3n) is 2.91. The van der Waals surface area contributed by atoms with Crippen molar-refractivity contribution >= 4 is 23.0 Å². The zero-order valence-corrected chi connectivity index (χ0v) is 10.8. The Kier molecular flexibility index (Phi) is 3.58. The van der Waals surface area contributed by atoms with Gasteiger partial charge in [0, 0.05) is 11.4 Å². The van der Waals surface area contributed by atoms with Crippen LogP contribution in [0.15, 0.2) is 36.4 Å². The molecule has 100 valence electrons. The SMILES string of the molecule is Cc1ccc(C#N)cc1Nc1cc(N)ccc1C(=O)O. The molecule has 0 atom stereocenters. The van der Waals surface area contributed by atoms with Crippen molar-refractivity contribution in [2.75, 3.05) is 11.1 Å². The summed E-state index contributed by atoms with van der Waals surface area (Å²) in [5.41, 5.74) is 8.76. The summed E-state index contributed by atoms with van der Waals surface area (Å²) in [6.07, 6.45) is 0. The second-order valence-electron chi connectivity index (χ2n) is 4.38. The number of anilines is 3. The second kappa shape index (κ2) is 5.33. The topological polar surface area (TPSA) is 99.1 Å². The van der Waals surface area contributed by atoms with Crippen LogP contribution in [-0.2, 0) is 0 Å². The summed E-state index contributed by atoms with van der Waals surface area (Å²) < 4.78 is 0. The zero-order chi connectivity index (χ0) is 14.7. The van der Waals surface area contributed by atoms with Gasteiger partial charge >= 0.3 is 5.97 Å². The summed E-state index contributed by atoms with van der Waals surface area (Å²) in [6.45, 7) is 1.87. The standard InChI is InChI=1S/C15H13N3O2/c1-9-2-3-10(8-16)6-13(9)18-14-7-11(17)4-5-12(14)15(19)20/h2-7,18H,17H2,1H3,(H,19,20). The maximum absolute atomic E-state index is 11.2. The molecule has 0 aliphatic carbocycles. The lowest BCUT2D eigenvalue weighted by atomic mass is 10.1. The first-order chi connectivity index (χ1) is 9.51. The quantitative estimate of drug-likeness (QED) is 0.742. The zero-order valence-electron chi connectivity index (χ0n) is 10.8. The van der Waals surface area contributed by atoms with Crippen LogP contribution in [-0.4, -0.2) is 11.1 Å². The molecule has 2 aromatic carbocycles. The molecule has 0 fully saturated rings. The second-order valence-corrected chi connectivity index (χ2v) is 4.38. The molecule has 0 amide bonds. The molecule has 4 N–H and O–H groups in total. The number of nitrogens with zero attached hydrogens (tertiary/aromatic N) is 1. The summed E-state index contributed by atoms with van der Waals surface area (Å²) in [4.78, 5) is 11.2. The molecular formula is C15H13N3O2. The minimum atomic E-state index is -1.04. The highest BCUT2D eigenvalue weighted by Gasteiger charge is 2.11. The molecule has 2 rings (SSSR count). The van der Waals surface area contributed by atoms with Crippen LogP contribution in [0.2, 0.25) is 0 Å². The minimum absolute atomic E-state index is 0.126. The summed E-state index contributed by atoms with van der Waals surface area (Å²) >= 11 is 0. The molecule has 0 aromatic heterocycles. The lowest BCUT2D eigenvalue weighted by molar-refractivity contribution is 0.0698. The number of aryl methyl sites for hydroxylation is 1. The molecule has 0 saturated heterocycles. The van der Waals surface area contributed by atoms with Crippen LogP contribution in [0.4, 0.5) is 17.1 Å². The van der Waals surface area contributed by atoms with Gasteiger partial charge in [0.2, 0.25) is 0 Å². The fourth-order valence-corrected chi connectivity index (χ4v) is 1.82. The predicted molar refractivity (Wildman–Crippen MR) is 77.0 cm³/mol. The molecular weight excluding hydrogens is 254 g/mol. The average Bonchev–Trinajstić information content (AvgIpc) is 2.41. The van der Waals surface area contributed by atoms with Crippen molar-refractivity contribution in [3.63, 3.8) is 0 Å². The summed E-state index contributed by atoms with van der Waals surface area (Å²) in [7, 11) is 0. The van der Waals surface area contributed by atoms with Crippen molar-refractivity contribution in [2.45, 2.75) is 6.92 Å². The van der Waals surface area contributed by atoms with Crippen molar-refractivity contribution < 1.29 is 9.90 Å². The highest BCUT2D eigenvalue weighted by Crippen LogP contribution is 2.26. The summed E-state index contributed by atoms with van der Waals surface area (Å²) in [5.74, 6) is -1.04. The largest absolute Gasteiger partial charge is 0.478 e. The first-order valence-electron chi connectivity index (χ1n) is 5.92. The van der Waals surface area contributed by atoms with Gasteiger partial charge in [0.1, 0.15) is 0 Å². The van der Waals surface area contributed by atoms with E-state index >= 15 is 0 Å². The van der Waals surface area contributed by atoms with Gasteiger partial charge in [-0.1, -0.05) is 6.07 Å². The highest BCUT2D eigenvalue weighted by atomic mass is 16.4. The molecule has 0 spiro atoms. The van der Waals surface area contributed by atoms with E-state index in [2.05, 4.69) is 5.32 Å². The lowest BCUT2D eigenvalue weighted by Gasteiger charge is -2.13. The Balaban J connectivity index is 2.47. The van der Waals surface area contributed by atoms with Gasteiger partial charge in [-0.3, -0.25) is 0 Å². The number of aromatic carboxylic acids is 1. The smallest absolute Gasteiger partial charge is 0.337 e. The van der Waals surface area contributed by atoms with E-state index < -0.39 is 5.97 Å². The Labute approximate surface area is 116 Å². The Morgan fingerprint density at radius 2 is 2.00 bits per heavy atom. The van der Waals surface area contributed by atoms with Crippen LogP contribution in [0, 0.1) is 18.3 Å². The third kappa shape index (κ3) is 2.70. The van der Waals surface area contributed by atoms with E-state index in [0.717, 1.165) is 5.56 Å². The molecule has 0 bridgehead atoms. The van der Waals surface area contributed by atoms with E-state index in [4.69, 9.17) is 11.0 Å². The van der Waals surface area contributed by atoms with E-state index in [-0.39, 0.29) is 5.56 Å². The molecule has 0 aliphatic heterocycles. The predicted octanol–water partition coefficient (Wildman–Crippen LogP) is 2.89. The summed E-state index contributed by atoms with van der Waals surface area (Å²) in [5, 5.41) is 21.1. The minimum Gasteiger partial charge on any atom is -0.478 e. The molecule has 0 heterocycles. The van der Waals surface area contributed by atoms with Gasteiger partial charge < -0.3 is 16.2 Å². The van der Waals surface area contributed by atoms with Gasteiger partial charge in [0.15, 0.2) is 0 Å². The fraction of sp³-hybridized carbons (Fsp3) is 0.0667. The van der Waals surface area contributed by atoms with E-state index in [0.29, 0.717) is 22.6 Å². The van der Waals surface area contributed by atoms with E-state index in [1.807, 2.05) is 13.0 Å². The molecule has 2 aromatic rings. The third-order valence-corrected chi connectivity index (χ3v) is 2.91. The number of hydrogen-bond acceptors (Lipinski definition) is 4. The van der Waals surface area contributed by atoms with Gasteiger partial charge in [-0.05, 0) is 42.8 Å². The van der Waals surface area contributed by atoms with Crippen LogP contribution >= 0.6 is 0 Å². The number of benzene rings is 2. The maximum Gasteiger partial charge on any atom is 0.337 e. The number of nitriles is 1. The number of rotatable bonds is 3. The molecule has 0 unspecified atom stereocenters. The Morgan fingerprint density at radius 1 is 1.25 bits per heavy atom. The molecule has 5 heteroatoms. The van der Waals surface area contributed by atoms with Crippen LogP contribution in [0.25, 0.3) is 0 Å². The van der Waals surface area contributed by atoms with E-state index in [1.54, 1.807) is 24.3 Å². The number of nitrogens with one attached hydrogen (secondary N) is 1. The first kappa shape index (κ1) is 13.4. The van der Waals surface area contributed by atoms with Gasteiger partial charge in [-0.25, -0.2) is 4.79 Å². The number of nitrogens with two attached hydrogens (primary N) is 1. The normalized spacial score (nSPS) is 9.80. The number of carboxylic acid groups (broad SMARTS) is 1. The average molecular weight is 267 g/mol. The molecule has 0 radical (unpaired) electrons. The number of nitrogen functional groups attached to an aromatic ring is 1. The van der Waals surface area contributed by atoms with Gasteiger partial charge in [-0.2, -0.15) is 5.26 Å². The van der Waals surface area contributed by atoms with Gasteiger partial charge in [-0.15, -0.1) is 0 Å². The number of carbonyl (C=O) groups is 1. The van der Waals surface area contributed by atoms with Crippen molar-refractivity contribution in [2.24, 2.45) is 0 Å². The first-order valence-corrected chi connectivity index (χ1v) is 5.92. The molecule has 20 heavy (non-hydrogen) atoms. The van der Waals surface area contributed by atoms with Crippen molar-refractivity contribution in [3.05, 3.63) is 53.1 Å². The van der Waals surface area contributed by atoms with E-state index in [9.17, 15) is 9.90 Å². The van der Waals surface area contributed by atoms with Crippen LogP contribution in [0.3, 0.4) is 0 Å². The Hall–Kier alpha value is -3.00. The van der Waals surface area contributed by atoms with Gasteiger partial charge in [0.25, 0.3) is 0 Å². The Morgan fingerprint density at radius 3 is 2.65 bits per heavy atom. The summed E-state index contributed by atoms with van der Waals surface area (Å²) in [6, 6.07) is 11.8. The number of carboxylic acids is 1. The molecule has 5 nitrogen and oxygen atoms in total. The maximum atomic E-state index is 11.2. The van der Waals surface area contributed by atoms with E-state index in [1.165, 1.54) is 12.1 Å². The molecule has 0 saturated carbocycles. The Bertz CT molecular complexity index is 718. The fourth-order valence-electron chi connectivity index (χ4n) is 1.82. The lowest BCUT2D eigenvalue weighted by Crippen LogP contribution is -2.04. The van der Waals surface area contributed by atoms with Gasteiger partial charge in [0.05, 0.1) is 22.9 Å². The van der Waals surface area contributed by atoms with Crippen LogP contribution in [0.1, 0.15) is 21.5 Å². The van der Waals surface area contributed by atoms with Crippen LogP contribution < -0.4 is 11.1 Å². The van der Waals surface area contributed by atoms with Crippen LogP contribution in [0.5, 0.6) is 0 Å². The highest BCUT2D eigenvalue weighted by molar-refractivity contribution is 5.96. The van der Waals surface area contributed by atoms with Crippen molar-refractivity contribution in [1.82, 2.24) is 0 Å². The molecule has 0 aliphatic rings. The van der Waals surface area contributed by atoms with Crippen molar-refractivity contribution in [1.29, 1.82) is 5.26 Å². The van der Waals surface area contributed by atoms with Crippen molar-refractivity contribution in [3.8, 4) is 6.07 Å².